The maximum atomic E-state index is 12.1. The van der Waals surface area contributed by atoms with E-state index in [0.717, 1.165) is 12.8 Å². The Labute approximate surface area is 123 Å². The van der Waals surface area contributed by atoms with Crippen molar-refractivity contribution in [2.24, 2.45) is 5.92 Å². The number of piperidine rings is 1. The zero-order chi connectivity index (χ0) is 15.4. The summed E-state index contributed by atoms with van der Waals surface area (Å²) in [5.41, 5.74) is 0. The van der Waals surface area contributed by atoms with Gasteiger partial charge in [0.15, 0.2) is 0 Å². The maximum Gasteiger partial charge on any atom is 0.318 e. The average Bonchev–Trinajstić information content (AvgIpc) is 2.85. The highest BCUT2D eigenvalue weighted by atomic mass is 16.4. The minimum Gasteiger partial charge on any atom is -0.481 e. The fourth-order valence-corrected chi connectivity index (χ4v) is 2.50. The van der Waals surface area contributed by atoms with Crippen LogP contribution in [0, 0.1) is 12.8 Å². The lowest BCUT2D eigenvalue weighted by Crippen LogP contribution is -2.45. The smallest absolute Gasteiger partial charge is 0.318 e. The Bertz CT molecular complexity index is 506. The van der Waals surface area contributed by atoms with E-state index in [0.29, 0.717) is 24.7 Å². The van der Waals surface area contributed by atoms with Crippen LogP contribution in [0.15, 0.2) is 10.6 Å². The molecule has 0 spiro atoms. The second-order valence-corrected chi connectivity index (χ2v) is 5.51. The molecular formula is C14H21N3O4. The molecular weight excluding hydrogens is 274 g/mol. The summed E-state index contributed by atoms with van der Waals surface area (Å²) < 4.78 is 5.38. The van der Waals surface area contributed by atoms with Crippen LogP contribution in [0.5, 0.6) is 0 Å². The Hall–Kier alpha value is -2.05. The van der Waals surface area contributed by atoms with E-state index in [1.54, 1.807) is 18.0 Å². The summed E-state index contributed by atoms with van der Waals surface area (Å²) in [7, 11) is 0. The van der Waals surface area contributed by atoms with Gasteiger partial charge in [-0.25, -0.2) is 9.78 Å². The Morgan fingerprint density at radius 2 is 2.19 bits per heavy atom. The third kappa shape index (κ3) is 4.21. The third-order valence-electron chi connectivity index (χ3n) is 3.71. The van der Waals surface area contributed by atoms with E-state index < -0.39 is 5.97 Å². The van der Waals surface area contributed by atoms with Gasteiger partial charge >= 0.3 is 12.0 Å². The Morgan fingerprint density at radius 1 is 1.52 bits per heavy atom. The van der Waals surface area contributed by atoms with Gasteiger partial charge in [0, 0.05) is 19.5 Å². The third-order valence-corrected chi connectivity index (χ3v) is 3.71. The molecule has 2 amide bonds. The van der Waals surface area contributed by atoms with Crippen molar-refractivity contribution in [2.45, 2.75) is 39.2 Å². The van der Waals surface area contributed by atoms with E-state index in [1.165, 1.54) is 0 Å². The molecule has 1 fully saturated rings. The molecule has 1 aromatic rings. The van der Waals surface area contributed by atoms with Gasteiger partial charge in [0.25, 0.3) is 0 Å². The highest BCUT2D eigenvalue weighted by molar-refractivity contribution is 5.74. The molecule has 1 saturated heterocycles. The maximum absolute atomic E-state index is 12.1. The number of urea groups is 1. The number of hydrogen-bond acceptors (Lipinski definition) is 4. The largest absolute Gasteiger partial charge is 0.481 e. The topological polar surface area (TPSA) is 95.7 Å². The number of carboxylic acids is 1. The molecule has 0 bridgehead atoms. The lowest BCUT2D eigenvalue weighted by atomic mass is 9.94. The van der Waals surface area contributed by atoms with E-state index >= 15 is 0 Å². The average molecular weight is 295 g/mol. The molecule has 2 heterocycles. The number of carboxylic acid groups (broad SMARTS) is 1. The minimum atomic E-state index is -0.772. The quantitative estimate of drug-likeness (QED) is 0.885. The number of nitrogens with zero attached hydrogens (tertiary/aromatic N) is 2. The molecule has 2 rings (SSSR count). The van der Waals surface area contributed by atoms with Gasteiger partial charge in [0.2, 0.25) is 5.89 Å². The molecule has 7 heteroatoms. The highest BCUT2D eigenvalue weighted by Gasteiger charge is 2.25. The number of amides is 2. The number of rotatable bonds is 4. The first-order valence-corrected chi connectivity index (χ1v) is 7.15. The predicted octanol–water partition coefficient (Wildman–Crippen LogP) is 1.94. The van der Waals surface area contributed by atoms with Crippen LogP contribution in [0.3, 0.4) is 0 Å². The molecule has 0 saturated carbocycles. The number of carbonyl (C=O) groups is 2. The van der Waals surface area contributed by atoms with Gasteiger partial charge in [-0.3, -0.25) is 4.79 Å². The van der Waals surface area contributed by atoms with E-state index in [1.807, 2.05) is 6.92 Å². The van der Waals surface area contributed by atoms with Crippen molar-refractivity contribution < 1.29 is 19.1 Å². The fourth-order valence-electron chi connectivity index (χ4n) is 2.50. The van der Waals surface area contributed by atoms with Gasteiger partial charge in [-0.05, 0) is 32.6 Å². The summed E-state index contributed by atoms with van der Waals surface area (Å²) in [5, 5.41) is 11.6. The monoisotopic (exact) mass is 295 g/mol. The molecule has 116 valence electrons. The molecule has 0 aromatic carbocycles. The van der Waals surface area contributed by atoms with Crippen LogP contribution in [0.4, 0.5) is 4.79 Å². The van der Waals surface area contributed by atoms with Gasteiger partial charge in [-0.2, -0.15) is 0 Å². The van der Waals surface area contributed by atoms with Crippen LogP contribution >= 0.6 is 0 Å². The fraction of sp³-hybridized carbons (Fsp3) is 0.643. The summed E-state index contributed by atoms with van der Waals surface area (Å²) in [6.45, 7) is 4.79. The number of aliphatic carboxylic acids is 1. The Morgan fingerprint density at radius 3 is 2.71 bits per heavy atom. The van der Waals surface area contributed by atoms with Gasteiger partial charge in [0.1, 0.15) is 11.8 Å². The van der Waals surface area contributed by atoms with Crippen molar-refractivity contribution in [1.82, 2.24) is 15.2 Å². The van der Waals surface area contributed by atoms with E-state index in [4.69, 9.17) is 9.52 Å². The molecule has 2 N–H and O–H groups in total. The standard InChI is InChI=1S/C14H21N3O4/c1-9-8-15-13(21-9)10(2)16-14(20)17-5-3-11(4-6-17)7-12(18)19/h8,10-11H,3-7H2,1-2H3,(H,16,20)(H,18,19). The summed E-state index contributed by atoms with van der Waals surface area (Å²) in [4.78, 5) is 28.6. The SMILES string of the molecule is Cc1cnc(C(C)NC(=O)N2CCC(CC(=O)O)CC2)o1. The number of carbonyl (C=O) groups excluding carboxylic acids is 1. The number of nitrogens with one attached hydrogen (secondary N) is 1. The Kier molecular flexibility index (Phi) is 4.82. The summed E-state index contributed by atoms with van der Waals surface area (Å²) in [5.74, 6) is 0.589. The normalized spacial score (nSPS) is 17.5. The minimum absolute atomic E-state index is 0.160. The second-order valence-electron chi connectivity index (χ2n) is 5.51. The van der Waals surface area contributed by atoms with Crippen LogP contribution in [0.2, 0.25) is 0 Å². The van der Waals surface area contributed by atoms with Crippen molar-refractivity contribution in [3.63, 3.8) is 0 Å². The van der Waals surface area contributed by atoms with Crippen molar-refractivity contribution in [2.75, 3.05) is 13.1 Å². The summed E-state index contributed by atoms with van der Waals surface area (Å²) >= 11 is 0. The van der Waals surface area contributed by atoms with Gasteiger partial charge in [-0.15, -0.1) is 0 Å². The zero-order valence-corrected chi connectivity index (χ0v) is 12.3. The van der Waals surface area contributed by atoms with Gasteiger partial charge in [-0.1, -0.05) is 0 Å². The molecule has 1 unspecified atom stereocenters. The second kappa shape index (κ2) is 6.60. The van der Waals surface area contributed by atoms with E-state index in [2.05, 4.69) is 10.3 Å². The van der Waals surface area contributed by atoms with Crippen molar-refractivity contribution in [1.29, 1.82) is 0 Å². The van der Waals surface area contributed by atoms with Crippen molar-refractivity contribution >= 4 is 12.0 Å². The van der Waals surface area contributed by atoms with Crippen LogP contribution in [-0.2, 0) is 4.79 Å². The summed E-state index contributed by atoms with van der Waals surface area (Å²) in [6, 6.07) is -0.449. The van der Waals surface area contributed by atoms with E-state index in [9.17, 15) is 9.59 Å². The molecule has 1 aromatic heterocycles. The highest BCUT2D eigenvalue weighted by Crippen LogP contribution is 2.21. The zero-order valence-electron chi connectivity index (χ0n) is 12.3. The number of oxazole rings is 1. The van der Waals surface area contributed by atoms with Crippen LogP contribution in [-0.4, -0.2) is 40.1 Å². The number of hydrogen-bond donors (Lipinski definition) is 2. The molecule has 1 atom stereocenters. The molecule has 1 aliphatic rings. The van der Waals surface area contributed by atoms with Crippen LogP contribution < -0.4 is 5.32 Å². The van der Waals surface area contributed by atoms with Gasteiger partial charge in [0.05, 0.1) is 6.20 Å². The van der Waals surface area contributed by atoms with E-state index in [-0.39, 0.29) is 24.4 Å². The first-order valence-electron chi connectivity index (χ1n) is 7.15. The molecule has 0 radical (unpaired) electrons. The summed E-state index contributed by atoms with van der Waals surface area (Å²) in [6.07, 6.45) is 3.26. The van der Waals surface area contributed by atoms with Crippen molar-refractivity contribution in [3.05, 3.63) is 17.8 Å². The Balaban J connectivity index is 1.80. The van der Waals surface area contributed by atoms with Crippen molar-refractivity contribution in [3.8, 4) is 0 Å². The first-order chi connectivity index (χ1) is 9.95. The van der Waals surface area contributed by atoms with Crippen LogP contribution in [0.1, 0.15) is 43.9 Å². The predicted molar refractivity (Wildman–Crippen MR) is 74.7 cm³/mol. The molecule has 7 nitrogen and oxygen atoms in total. The molecule has 1 aliphatic heterocycles. The lowest BCUT2D eigenvalue weighted by Gasteiger charge is -2.32. The van der Waals surface area contributed by atoms with Crippen LogP contribution in [0.25, 0.3) is 0 Å². The first kappa shape index (κ1) is 15.3. The number of aryl methyl sites for hydroxylation is 1. The molecule has 21 heavy (non-hydrogen) atoms. The van der Waals surface area contributed by atoms with Gasteiger partial charge < -0.3 is 19.7 Å². The number of likely N-dealkylation sites (tertiary alicyclic amines) is 1. The number of aromatic nitrogens is 1. The molecule has 0 aliphatic carbocycles. The lowest BCUT2D eigenvalue weighted by molar-refractivity contribution is -0.138.